The van der Waals surface area contributed by atoms with Gasteiger partial charge in [0.25, 0.3) is 0 Å². The minimum Gasteiger partial charge on any atom is -0.462 e. The van der Waals surface area contributed by atoms with E-state index in [1.807, 2.05) is 12.2 Å². The number of allylic oxidation sites excluding steroid dienone is 10. The number of hydrogen-bond acceptors (Lipinski definition) is 11. The van der Waals surface area contributed by atoms with Crippen LogP contribution >= 0.6 is 15.6 Å². The Bertz CT molecular complexity index is 1500. The number of phosphoric ester groups is 2. The van der Waals surface area contributed by atoms with Crippen LogP contribution in [-0.4, -0.2) is 81.6 Å². The van der Waals surface area contributed by atoms with Gasteiger partial charge in [0.1, 0.15) is 12.7 Å². The average Bonchev–Trinajstić information content (AvgIpc) is 3.28. The van der Waals surface area contributed by atoms with Crippen molar-refractivity contribution in [3.63, 3.8) is 0 Å². The first-order valence-corrected chi connectivity index (χ1v) is 28.6. The molecule has 16 heteroatoms. The van der Waals surface area contributed by atoms with E-state index in [2.05, 4.69) is 66.3 Å². The third kappa shape index (κ3) is 49.9. The second-order valence-electron chi connectivity index (χ2n) is 17.7. The molecule has 0 aliphatic carbocycles. The summed E-state index contributed by atoms with van der Waals surface area (Å²) < 4.78 is 47.8. The predicted molar refractivity (Wildman–Crippen MR) is 273 cm³/mol. The first kappa shape index (κ1) is 65.5. The highest BCUT2D eigenvalue weighted by molar-refractivity contribution is 7.47. The molecule has 0 saturated carbocycles. The highest BCUT2D eigenvalue weighted by atomic mass is 31.2. The van der Waals surface area contributed by atoms with Crippen LogP contribution in [0.25, 0.3) is 0 Å². The van der Waals surface area contributed by atoms with E-state index in [9.17, 15) is 33.8 Å². The second-order valence-corrected chi connectivity index (χ2v) is 20.4. The first-order chi connectivity index (χ1) is 32.6. The Hall–Kier alpha value is -2.48. The van der Waals surface area contributed by atoms with Crippen molar-refractivity contribution in [3.8, 4) is 0 Å². The van der Waals surface area contributed by atoms with E-state index in [-0.39, 0.29) is 19.3 Å². The van der Waals surface area contributed by atoms with E-state index < -0.39 is 72.3 Å². The van der Waals surface area contributed by atoms with Gasteiger partial charge in [0, 0.05) is 12.8 Å². The zero-order valence-corrected chi connectivity index (χ0v) is 43.8. The number of aliphatic hydroxyl groups is 2. The van der Waals surface area contributed by atoms with Crippen LogP contribution in [0.5, 0.6) is 0 Å². The maximum Gasteiger partial charge on any atom is 0.472 e. The summed E-state index contributed by atoms with van der Waals surface area (Å²) in [5, 5.41) is 20.0. The standard InChI is InChI=1S/C52H92O14P2/c1-4-5-6-7-8-9-10-17-21-24-27-30-34-39-48(53)40-35-32-37-42-52(56)66-50(46-65-68(60,61)64-44-49(54)43-63-67(57,58)59)45-62-51(55)41-36-31-28-25-22-19-16-14-12-11-13-15-18-20-23-26-29-33-38-47(2)3/h5-6,8-9,17,21,27,30,32,34-35,39,47-50,53-54H,4,7,10-16,18-20,22-26,28-29,31,33,36-38,40-46H2,1-3H3,(H,60,61)(H2,57,58,59)/b6-5-,9-8-,21-17-,30-27-,35-32-,39-34-/t48?,49-,50+/m0/s1. The molecule has 5 N–H and O–H groups in total. The molecule has 0 rings (SSSR count). The van der Waals surface area contributed by atoms with E-state index in [4.69, 9.17) is 23.8 Å². The summed E-state index contributed by atoms with van der Waals surface area (Å²) >= 11 is 0. The summed E-state index contributed by atoms with van der Waals surface area (Å²) in [5.41, 5.74) is 0. The summed E-state index contributed by atoms with van der Waals surface area (Å²) in [7, 11) is -9.75. The Kier molecular flexibility index (Phi) is 44.0. The molecule has 0 spiro atoms. The maximum atomic E-state index is 12.7. The van der Waals surface area contributed by atoms with Gasteiger partial charge in [-0.3, -0.25) is 23.2 Å². The summed E-state index contributed by atoms with van der Waals surface area (Å²) in [5.74, 6) is -0.383. The zero-order chi connectivity index (χ0) is 50.4. The number of esters is 2. The van der Waals surface area contributed by atoms with Gasteiger partial charge in [-0.1, -0.05) is 209 Å². The number of carbonyl (C=O) groups is 2. The van der Waals surface area contributed by atoms with Crippen molar-refractivity contribution in [2.75, 3.05) is 26.4 Å². The summed E-state index contributed by atoms with van der Waals surface area (Å²) in [4.78, 5) is 52.9. The molecule has 0 bridgehead atoms. The van der Waals surface area contributed by atoms with Crippen molar-refractivity contribution in [1.29, 1.82) is 0 Å². The van der Waals surface area contributed by atoms with E-state index >= 15 is 0 Å². The normalized spacial score (nSPS) is 15.0. The largest absolute Gasteiger partial charge is 0.472 e. The zero-order valence-electron chi connectivity index (χ0n) is 42.0. The Morgan fingerprint density at radius 2 is 1.01 bits per heavy atom. The molecule has 0 aromatic rings. The lowest BCUT2D eigenvalue weighted by atomic mass is 10.0. The van der Waals surface area contributed by atoms with Crippen molar-refractivity contribution in [2.45, 2.75) is 212 Å². The van der Waals surface area contributed by atoms with Crippen LogP contribution in [0.4, 0.5) is 0 Å². The molecule has 0 radical (unpaired) electrons. The molecule has 0 heterocycles. The molecule has 0 amide bonds. The fourth-order valence-corrected chi connectivity index (χ4v) is 7.92. The molecule has 68 heavy (non-hydrogen) atoms. The molecule has 394 valence electrons. The molecular weight excluding hydrogens is 911 g/mol. The topological polar surface area (TPSA) is 216 Å². The Morgan fingerprint density at radius 1 is 0.529 bits per heavy atom. The molecule has 0 aliphatic heterocycles. The predicted octanol–water partition coefficient (Wildman–Crippen LogP) is 13.0. The van der Waals surface area contributed by atoms with Crippen LogP contribution in [0, 0.1) is 5.92 Å². The third-order valence-corrected chi connectivity index (χ3v) is 12.1. The summed E-state index contributed by atoms with van der Waals surface area (Å²) in [6, 6.07) is 0. The van der Waals surface area contributed by atoms with Crippen molar-refractivity contribution in [3.05, 3.63) is 72.9 Å². The molecule has 0 aliphatic rings. The molecular formula is C52H92O14P2. The fourth-order valence-electron chi connectivity index (χ4n) is 6.76. The van der Waals surface area contributed by atoms with Gasteiger partial charge in [0.05, 0.1) is 25.9 Å². The van der Waals surface area contributed by atoms with Crippen LogP contribution in [-0.2, 0) is 41.8 Å². The number of unbranched alkanes of at least 4 members (excludes halogenated alkanes) is 17. The minimum absolute atomic E-state index is 0.0765. The summed E-state index contributed by atoms with van der Waals surface area (Å²) in [6.45, 7) is 3.82. The van der Waals surface area contributed by atoms with E-state index in [1.165, 1.54) is 96.3 Å². The van der Waals surface area contributed by atoms with Gasteiger partial charge in [0.15, 0.2) is 6.10 Å². The fraction of sp³-hybridized carbons (Fsp3) is 0.731. The van der Waals surface area contributed by atoms with Crippen molar-refractivity contribution in [2.24, 2.45) is 5.92 Å². The van der Waals surface area contributed by atoms with E-state index in [0.29, 0.717) is 12.8 Å². The first-order valence-electron chi connectivity index (χ1n) is 25.6. The van der Waals surface area contributed by atoms with Gasteiger partial charge < -0.3 is 34.4 Å². The Labute approximate surface area is 410 Å². The van der Waals surface area contributed by atoms with Crippen molar-refractivity contribution < 1.29 is 66.7 Å². The van der Waals surface area contributed by atoms with Crippen molar-refractivity contribution in [1.82, 2.24) is 0 Å². The molecule has 14 nitrogen and oxygen atoms in total. The number of rotatable bonds is 47. The number of ether oxygens (including phenoxy) is 2. The minimum atomic E-state index is -4.89. The quantitative estimate of drug-likeness (QED) is 0.0126. The molecule has 2 unspecified atom stereocenters. The van der Waals surface area contributed by atoms with Crippen LogP contribution in [0.3, 0.4) is 0 Å². The number of phosphoric acid groups is 2. The molecule has 0 aromatic carbocycles. The smallest absolute Gasteiger partial charge is 0.462 e. The highest BCUT2D eigenvalue weighted by Gasteiger charge is 2.28. The Balaban J connectivity index is 4.57. The van der Waals surface area contributed by atoms with Crippen LogP contribution < -0.4 is 0 Å². The average molecular weight is 1000 g/mol. The van der Waals surface area contributed by atoms with Gasteiger partial charge in [-0.15, -0.1) is 0 Å². The van der Waals surface area contributed by atoms with Crippen LogP contribution in [0.2, 0.25) is 0 Å². The second kappa shape index (κ2) is 45.6. The number of hydrogen-bond donors (Lipinski definition) is 5. The maximum absolute atomic E-state index is 12.7. The van der Waals surface area contributed by atoms with Gasteiger partial charge in [0.2, 0.25) is 0 Å². The van der Waals surface area contributed by atoms with E-state index in [1.54, 1.807) is 24.3 Å². The molecule has 4 atom stereocenters. The molecule has 0 saturated heterocycles. The monoisotopic (exact) mass is 1000 g/mol. The highest BCUT2D eigenvalue weighted by Crippen LogP contribution is 2.44. The molecule has 0 fully saturated rings. The summed E-state index contributed by atoms with van der Waals surface area (Å²) in [6.07, 6.45) is 47.8. The van der Waals surface area contributed by atoms with Crippen LogP contribution in [0.15, 0.2) is 72.9 Å². The lowest BCUT2D eigenvalue weighted by Crippen LogP contribution is -2.29. The Morgan fingerprint density at radius 3 is 1.54 bits per heavy atom. The lowest BCUT2D eigenvalue weighted by molar-refractivity contribution is -0.161. The van der Waals surface area contributed by atoms with Gasteiger partial charge in [-0.05, 0) is 50.9 Å². The lowest BCUT2D eigenvalue weighted by Gasteiger charge is -2.20. The van der Waals surface area contributed by atoms with E-state index in [0.717, 1.165) is 50.9 Å². The SMILES string of the molecule is CC/C=C\C/C=C\C/C=C\C/C=C\C=C/C(O)C/C=C\CCC(=O)O[C@H](COC(=O)CCCCCCCCCCCCCCCCCCCCC(C)C)COP(=O)(O)OC[C@@H](O)COP(=O)(O)O. The van der Waals surface area contributed by atoms with Crippen LogP contribution in [0.1, 0.15) is 194 Å². The molecule has 0 aromatic heterocycles. The number of aliphatic hydroxyl groups excluding tert-OH is 2. The van der Waals surface area contributed by atoms with Gasteiger partial charge in [-0.25, -0.2) is 9.13 Å². The van der Waals surface area contributed by atoms with Crippen molar-refractivity contribution >= 4 is 27.6 Å². The third-order valence-electron chi connectivity index (χ3n) is 10.6. The number of carbonyl (C=O) groups excluding carboxylic acids is 2. The van der Waals surface area contributed by atoms with Gasteiger partial charge >= 0.3 is 27.6 Å². The van der Waals surface area contributed by atoms with Gasteiger partial charge in [-0.2, -0.15) is 0 Å².